The van der Waals surface area contributed by atoms with Crippen LogP contribution in [0.3, 0.4) is 0 Å². The Hall–Kier alpha value is -1.62. The molecule has 2 rings (SSSR count). The van der Waals surface area contributed by atoms with Gasteiger partial charge in [-0.25, -0.2) is 4.98 Å². The van der Waals surface area contributed by atoms with E-state index in [1.807, 2.05) is 0 Å². The third-order valence-electron chi connectivity index (χ3n) is 3.86. The molecule has 1 aliphatic rings. The zero-order chi connectivity index (χ0) is 14.5. The second kappa shape index (κ2) is 6.70. The summed E-state index contributed by atoms with van der Waals surface area (Å²) in [5, 5.41) is 3.38. The zero-order valence-corrected chi connectivity index (χ0v) is 12.3. The van der Waals surface area contributed by atoms with Gasteiger partial charge in [-0.15, -0.1) is 0 Å². The number of amides is 1. The monoisotopic (exact) mass is 276 g/mol. The van der Waals surface area contributed by atoms with Gasteiger partial charge in [0.2, 0.25) is 0 Å². The number of pyridine rings is 1. The normalized spacial score (nSPS) is 16.4. The van der Waals surface area contributed by atoms with Gasteiger partial charge in [-0.05, 0) is 57.8 Å². The minimum Gasteiger partial charge on any atom is -0.365 e. The number of carbonyl (C=O) groups excluding carboxylic acids is 1. The minimum atomic E-state index is -0.413. The SMILES string of the molecule is CC(C)N(CC1CCNCC1)c1ncccc1C(N)=O. The molecular formula is C15H24N4O. The van der Waals surface area contributed by atoms with E-state index in [0.717, 1.165) is 19.6 Å². The summed E-state index contributed by atoms with van der Waals surface area (Å²) in [7, 11) is 0. The molecule has 0 saturated carbocycles. The maximum atomic E-state index is 11.6. The van der Waals surface area contributed by atoms with E-state index in [9.17, 15) is 4.79 Å². The van der Waals surface area contributed by atoms with E-state index in [4.69, 9.17) is 5.73 Å². The van der Waals surface area contributed by atoms with Crippen LogP contribution in [0.25, 0.3) is 0 Å². The molecule has 0 bridgehead atoms. The fourth-order valence-corrected chi connectivity index (χ4v) is 2.70. The molecule has 1 fully saturated rings. The smallest absolute Gasteiger partial charge is 0.252 e. The summed E-state index contributed by atoms with van der Waals surface area (Å²) in [4.78, 5) is 18.2. The van der Waals surface area contributed by atoms with Crippen molar-refractivity contribution in [1.29, 1.82) is 0 Å². The number of carbonyl (C=O) groups is 1. The topological polar surface area (TPSA) is 71.2 Å². The number of nitrogens with two attached hydrogens (primary N) is 1. The number of anilines is 1. The van der Waals surface area contributed by atoms with E-state index in [0.29, 0.717) is 17.3 Å². The Bertz CT molecular complexity index is 455. The molecule has 0 unspecified atom stereocenters. The van der Waals surface area contributed by atoms with Gasteiger partial charge in [0.25, 0.3) is 5.91 Å². The highest BCUT2D eigenvalue weighted by Crippen LogP contribution is 2.23. The average Bonchev–Trinajstić information content (AvgIpc) is 2.45. The molecule has 110 valence electrons. The quantitative estimate of drug-likeness (QED) is 0.852. The van der Waals surface area contributed by atoms with Gasteiger partial charge in [0.1, 0.15) is 5.82 Å². The highest BCUT2D eigenvalue weighted by Gasteiger charge is 2.23. The minimum absolute atomic E-state index is 0.290. The van der Waals surface area contributed by atoms with Crippen molar-refractivity contribution in [1.82, 2.24) is 10.3 Å². The summed E-state index contributed by atoms with van der Waals surface area (Å²) in [5.41, 5.74) is 5.98. The van der Waals surface area contributed by atoms with Gasteiger partial charge in [0.15, 0.2) is 0 Å². The number of hydrogen-bond donors (Lipinski definition) is 2. The Labute approximate surface area is 120 Å². The van der Waals surface area contributed by atoms with Crippen LogP contribution in [0.4, 0.5) is 5.82 Å². The van der Waals surface area contributed by atoms with Gasteiger partial charge < -0.3 is 16.0 Å². The molecule has 2 heterocycles. The summed E-state index contributed by atoms with van der Waals surface area (Å²) in [5.74, 6) is 0.943. The first kappa shape index (κ1) is 14.8. The molecule has 0 aromatic carbocycles. The number of hydrogen-bond acceptors (Lipinski definition) is 4. The molecule has 1 aromatic heterocycles. The van der Waals surface area contributed by atoms with Crippen LogP contribution in [-0.4, -0.2) is 36.6 Å². The number of primary amides is 1. The van der Waals surface area contributed by atoms with Gasteiger partial charge in [-0.1, -0.05) is 0 Å². The van der Waals surface area contributed by atoms with Crippen molar-refractivity contribution in [3.8, 4) is 0 Å². The van der Waals surface area contributed by atoms with Gasteiger partial charge in [-0.3, -0.25) is 4.79 Å². The predicted octanol–water partition coefficient (Wildman–Crippen LogP) is 1.39. The lowest BCUT2D eigenvalue weighted by molar-refractivity contribution is 0.100. The molecule has 5 nitrogen and oxygen atoms in total. The van der Waals surface area contributed by atoms with Crippen molar-refractivity contribution in [3.63, 3.8) is 0 Å². The zero-order valence-electron chi connectivity index (χ0n) is 12.3. The molecule has 0 aliphatic carbocycles. The van der Waals surface area contributed by atoms with Crippen molar-refractivity contribution in [2.75, 3.05) is 24.5 Å². The highest BCUT2D eigenvalue weighted by atomic mass is 16.1. The Morgan fingerprint density at radius 2 is 2.20 bits per heavy atom. The first-order chi connectivity index (χ1) is 9.59. The number of piperidine rings is 1. The summed E-state index contributed by atoms with van der Waals surface area (Å²) in [6, 6.07) is 3.80. The summed E-state index contributed by atoms with van der Waals surface area (Å²) in [6.07, 6.45) is 4.06. The first-order valence-electron chi connectivity index (χ1n) is 7.31. The Morgan fingerprint density at radius 3 is 2.80 bits per heavy atom. The van der Waals surface area contributed by atoms with Gasteiger partial charge >= 0.3 is 0 Å². The Morgan fingerprint density at radius 1 is 1.50 bits per heavy atom. The van der Waals surface area contributed by atoms with E-state index in [-0.39, 0.29) is 6.04 Å². The number of nitrogens with one attached hydrogen (secondary N) is 1. The average molecular weight is 276 g/mol. The van der Waals surface area contributed by atoms with E-state index < -0.39 is 5.91 Å². The Kier molecular flexibility index (Phi) is 4.95. The lowest BCUT2D eigenvalue weighted by Crippen LogP contribution is -2.40. The van der Waals surface area contributed by atoms with Crippen LogP contribution < -0.4 is 16.0 Å². The predicted molar refractivity (Wildman–Crippen MR) is 80.8 cm³/mol. The van der Waals surface area contributed by atoms with Crippen molar-refractivity contribution in [2.45, 2.75) is 32.7 Å². The lowest BCUT2D eigenvalue weighted by atomic mass is 9.97. The lowest BCUT2D eigenvalue weighted by Gasteiger charge is -2.34. The highest BCUT2D eigenvalue weighted by molar-refractivity contribution is 5.97. The van der Waals surface area contributed by atoms with Crippen LogP contribution >= 0.6 is 0 Å². The molecule has 0 spiro atoms. The van der Waals surface area contributed by atoms with Gasteiger partial charge in [0.05, 0.1) is 5.56 Å². The fraction of sp³-hybridized carbons (Fsp3) is 0.600. The maximum Gasteiger partial charge on any atom is 0.252 e. The number of aromatic nitrogens is 1. The second-order valence-electron chi connectivity index (χ2n) is 5.68. The van der Waals surface area contributed by atoms with E-state index in [2.05, 4.69) is 29.0 Å². The summed E-state index contributed by atoms with van der Waals surface area (Å²) < 4.78 is 0. The van der Waals surface area contributed by atoms with Crippen molar-refractivity contribution >= 4 is 11.7 Å². The third kappa shape index (κ3) is 3.48. The molecule has 3 N–H and O–H groups in total. The van der Waals surface area contributed by atoms with Crippen molar-refractivity contribution in [2.24, 2.45) is 11.7 Å². The molecule has 0 radical (unpaired) electrons. The first-order valence-corrected chi connectivity index (χ1v) is 7.31. The number of nitrogens with zero attached hydrogens (tertiary/aromatic N) is 2. The molecule has 1 aromatic rings. The largest absolute Gasteiger partial charge is 0.365 e. The summed E-state index contributed by atoms with van der Waals surface area (Å²) in [6.45, 7) is 7.32. The van der Waals surface area contributed by atoms with Crippen LogP contribution in [-0.2, 0) is 0 Å². The van der Waals surface area contributed by atoms with Gasteiger partial charge in [-0.2, -0.15) is 0 Å². The van der Waals surface area contributed by atoms with Crippen LogP contribution in [0.1, 0.15) is 37.0 Å². The van der Waals surface area contributed by atoms with Crippen LogP contribution in [0.5, 0.6) is 0 Å². The molecule has 1 saturated heterocycles. The van der Waals surface area contributed by atoms with Gasteiger partial charge in [0, 0.05) is 18.8 Å². The van der Waals surface area contributed by atoms with E-state index >= 15 is 0 Å². The molecule has 5 heteroatoms. The second-order valence-corrected chi connectivity index (χ2v) is 5.68. The summed E-state index contributed by atoms with van der Waals surface area (Å²) >= 11 is 0. The van der Waals surface area contributed by atoms with Crippen molar-refractivity contribution < 1.29 is 4.79 Å². The third-order valence-corrected chi connectivity index (χ3v) is 3.86. The van der Waals surface area contributed by atoms with E-state index in [1.165, 1.54) is 12.8 Å². The van der Waals surface area contributed by atoms with Crippen LogP contribution in [0.15, 0.2) is 18.3 Å². The maximum absolute atomic E-state index is 11.6. The number of rotatable bonds is 5. The molecule has 1 aliphatic heterocycles. The molecule has 20 heavy (non-hydrogen) atoms. The Balaban J connectivity index is 2.21. The molecule has 1 amide bonds. The van der Waals surface area contributed by atoms with E-state index in [1.54, 1.807) is 18.3 Å². The molecule has 0 atom stereocenters. The molecular weight excluding hydrogens is 252 g/mol. The standard InChI is InChI=1S/C15H24N4O/c1-11(2)19(10-12-5-8-17-9-6-12)15-13(14(16)20)4-3-7-18-15/h3-4,7,11-12,17H,5-6,8-10H2,1-2H3,(H2,16,20). The van der Waals surface area contributed by atoms with Crippen molar-refractivity contribution in [3.05, 3.63) is 23.9 Å². The van der Waals surface area contributed by atoms with Crippen LogP contribution in [0, 0.1) is 5.92 Å². The fourth-order valence-electron chi connectivity index (χ4n) is 2.70. The van der Waals surface area contributed by atoms with Crippen LogP contribution in [0.2, 0.25) is 0 Å².